The number of nitro benzene ring substituents is 1. The van der Waals surface area contributed by atoms with Crippen LogP contribution in [0, 0.1) is 10.1 Å². The minimum atomic E-state index is -3.91. The van der Waals surface area contributed by atoms with Crippen LogP contribution in [0.1, 0.15) is 6.42 Å². The van der Waals surface area contributed by atoms with Gasteiger partial charge in [-0.15, -0.1) is 0 Å². The van der Waals surface area contributed by atoms with Crippen molar-refractivity contribution in [3.63, 3.8) is 0 Å². The Hall–Kier alpha value is -1.71. The van der Waals surface area contributed by atoms with Crippen molar-refractivity contribution in [2.75, 3.05) is 34.3 Å². The lowest BCUT2D eigenvalue weighted by Crippen LogP contribution is -2.30. The van der Waals surface area contributed by atoms with Crippen molar-refractivity contribution in [2.45, 2.75) is 11.3 Å². The SMILES string of the molecule is CNCCCN(C)S(=O)(=O)c1ccc(OC)cc1[N+](=O)[O-]. The lowest BCUT2D eigenvalue weighted by molar-refractivity contribution is -0.387. The van der Waals surface area contributed by atoms with Gasteiger partial charge in [0, 0.05) is 13.6 Å². The number of methoxy groups -OCH3 is 1. The lowest BCUT2D eigenvalue weighted by Gasteiger charge is -2.17. The molecular formula is C12H19N3O5S. The molecule has 0 heterocycles. The summed E-state index contributed by atoms with van der Waals surface area (Å²) in [5.41, 5.74) is -0.491. The zero-order chi connectivity index (χ0) is 16.0. The van der Waals surface area contributed by atoms with Gasteiger partial charge in [-0.1, -0.05) is 0 Å². The predicted molar refractivity (Wildman–Crippen MR) is 78.0 cm³/mol. The van der Waals surface area contributed by atoms with E-state index in [1.807, 2.05) is 0 Å². The summed E-state index contributed by atoms with van der Waals surface area (Å²) in [4.78, 5) is 10.0. The molecule has 21 heavy (non-hydrogen) atoms. The number of benzene rings is 1. The Labute approximate surface area is 123 Å². The van der Waals surface area contributed by atoms with E-state index in [9.17, 15) is 18.5 Å². The molecule has 1 rings (SSSR count). The number of nitro groups is 1. The van der Waals surface area contributed by atoms with Crippen LogP contribution in [-0.4, -0.2) is 51.9 Å². The monoisotopic (exact) mass is 317 g/mol. The zero-order valence-corrected chi connectivity index (χ0v) is 13.0. The molecule has 0 aliphatic heterocycles. The Morgan fingerprint density at radius 2 is 2.10 bits per heavy atom. The fourth-order valence-corrected chi connectivity index (χ4v) is 3.09. The maximum atomic E-state index is 12.4. The predicted octanol–water partition coefficient (Wildman–Crippen LogP) is 0.833. The minimum absolute atomic E-state index is 0.235. The smallest absolute Gasteiger partial charge is 0.293 e. The van der Waals surface area contributed by atoms with Crippen molar-refractivity contribution in [1.29, 1.82) is 0 Å². The maximum Gasteiger partial charge on any atom is 0.293 e. The van der Waals surface area contributed by atoms with Gasteiger partial charge in [-0.2, -0.15) is 0 Å². The zero-order valence-electron chi connectivity index (χ0n) is 12.2. The number of nitrogens with one attached hydrogen (secondary N) is 1. The number of nitrogens with zero attached hydrogens (tertiary/aromatic N) is 2. The van der Waals surface area contributed by atoms with Crippen LogP contribution in [0.3, 0.4) is 0 Å². The first-order valence-corrected chi connectivity index (χ1v) is 7.72. The van der Waals surface area contributed by atoms with Crippen molar-refractivity contribution < 1.29 is 18.1 Å². The number of hydrogen-bond acceptors (Lipinski definition) is 6. The average Bonchev–Trinajstić information content (AvgIpc) is 2.46. The molecule has 1 aromatic carbocycles. The summed E-state index contributed by atoms with van der Waals surface area (Å²) >= 11 is 0. The molecule has 0 saturated carbocycles. The molecule has 0 radical (unpaired) electrons. The van der Waals surface area contributed by atoms with Crippen molar-refractivity contribution in [1.82, 2.24) is 9.62 Å². The van der Waals surface area contributed by atoms with E-state index in [2.05, 4.69) is 5.32 Å². The van der Waals surface area contributed by atoms with Gasteiger partial charge in [0.25, 0.3) is 5.69 Å². The quantitative estimate of drug-likeness (QED) is 0.433. The molecule has 0 aliphatic carbocycles. The van der Waals surface area contributed by atoms with Gasteiger partial charge >= 0.3 is 0 Å². The van der Waals surface area contributed by atoms with Crippen LogP contribution < -0.4 is 10.1 Å². The molecule has 0 aromatic heterocycles. The van der Waals surface area contributed by atoms with Gasteiger partial charge in [-0.3, -0.25) is 10.1 Å². The van der Waals surface area contributed by atoms with Gasteiger partial charge in [0.05, 0.1) is 18.1 Å². The molecule has 0 bridgehead atoms. The van der Waals surface area contributed by atoms with Gasteiger partial charge in [0.15, 0.2) is 4.90 Å². The van der Waals surface area contributed by atoms with Crippen LogP contribution >= 0.6 is 0 Å². The summed E-state index contributed by atoms with van der Waals surface area (Å²) in [5, 5.41) is 14.0. The molecule has 0 fully saturated rings. The summed E-state index contributed by atoms with van der Waals surface area (Å²) in [6, 6.07) is 3.69. The third-order valence-electron chi connectivity index (χ3n) is 2.95. The number of sulfonamides is 1. The molecule has 0 atom stereocenters. The van der Waals surface area contributed by atoms with Crippen LogP contribution in [0.25, 0.3) is 0 Å². The molecule has 0 aliphatic rings. The van der Waals surface area contributed by atoms with E-state index >= 15 is 0 Å². The summed E-state index contributed by atoms with van der Waals surface area (Å²) < 4.78 is 30.8. The Balaban J connectivity index is 3.15. The highest BCUT2D eigenvalue weighted by Crippen LogP contribution is 2.30. The van der Waals surface area contributed by atoms with E-state index in [0.29, 0.717) is 13.0 Å². The second-order valence-electron chi connectivity index (χ2n) is 4.37. The van der Waals surface area contributed by atoms with E-state index in [1.54, 1.807) is 7.05 Å². The molecule has 118 valence electrons. The summed E-state index contributed by atoms with van der Waals surface area (Å²) in [5.74, 6) is 0.235. The Morgan fingerprint density at radius 3 is 2.62 bits per heavy atom. The van der Waals surface area contributed by atoms with Crippen LogP contribution in [0.5, 0.6) is 5.75 Å². The second-order valence-corrected chi connectivity index (χ2v) is 6.39. The Bertz CT molecular complexity index is 603. The fourth-order valence-electron chi connectivity index (χ4n) is 1.75. The minimum Gasteiger partial charge on any atom is -0.497 e. The molecule has 0 unspecified atom stereocenters. The highest BCUT2D eigenvalue weighted by molar-refractivity contribution is 7.89. The van der Waals surface area contributed by atoms with Gasteiger partial charge in [-0.05, 0) is 32.1 Å². The van der Waals surface area contributed by atoms with E-state index < -0.39 is 20.6 Å². The largest absolute Gasteiger partial charge is 0.497 e. The summed E-state index contributed by atoms with van der Waals surface area (Å²) in [6.45, 7) is 0.928. The molecule has 9 heteroatoms. The van der Waals surface area contributed by atoms with Gasteiger partial charge in [0.2, 0.25) is 10.0 Å². The maximum absolute atomic E-state index is 12.4. The van der Waals surface area contributed by atoms with Gasteiger partial charge < -0.3 is 10.1 Å². The highest BCUT2D eigenvalue weighted by Gasteiger charge is 2.29. The van der Waals surface area contributed by atoms with E-state index in [1.165, 1.54) is 26.3 Å². The highest BCUT2D eigenvalue weighted by atomic mass is 32.2. The third kappa shape index (κ3) is 4.13. The number of hydrogen-bond donors (Lipinski definition) is 1. The van der Waals surface area contributed by atoms with Crippen LogP contribution in [0.2, 0.25) is 0 Å². The van der Waals surface area contributed by atoms with Crippen molar-refractivity contribution in [3.8, 4) is 5.75 Å². The van der Waals surface area contributed by atoms with E-state index in [-0.39, 0.29) is 17.2 Å². The fraction of sp³-hybridized carbons (Fsp3) is 0.500. The summed E-state index contributed by atoms with van der Waals surface area (Å²) in [7, 11) is 0.615. The first kappa shape index (κ1) is 17.3. The summed E-state index contributed by atoms with van der Waals surface area (Å²) in [6.07, 6.45) is 0.607. The third-order valence-corrected chi connectivity index (χ3v) is 4.86. The van der Waals surface area contributed by atoms with Crippen molar-refractivity contribution in [3.05, 3.63) is 28.3 Å². The Morgan fingerprint density at radius 1 is 1.43 bits per heavy atom. The van der Waals surface area contributed by atoms with Crippen molar-refractivity contribution >= 4 is 15.7 Å². The topological polar surface area (TPSA) is 102 Å². The normalized spacial score (nSPS) is 11.6. The van der Waals surface area contributed by atoms with Crippen molar-refractivity contribution in [2.24, 2.45) is 0 Å². The van der Waals surface area contributed by atoms with Gasteiger partial charge in [0.1, 0.15) is 5.75 Å². The molecular weight excluding hydrogens is 298 g/mol. The van der Waals surface area contributed by atoms with Crippen LogP contribution in [0.4, 0.5) is 5.69 Å². The molecule has 8 nitrogen and oxygen atoms in total. The van der Waals surface area contributed by atoms with Crippen LogP contribution in [0.15, 0.2) is 23.1 Å². The number of rotatable bonds is 8. The molecule has 0 saturated heterocycles. The lowest BCUT2D eigenvalue weighted by atomic mass is 10.3. The molecule has 1 aromatic rings. The molecule has 1 N–H and O–H groups in total. The first-order valence-electron chi connectivity index (χ1n) is 6.28. The van der Waals surface area contributed by atoms with Gasteiger partial charge in [-0.25, -0.2) is 12.7 Å². The standard InChI is InChI=1S/C12H19N3O5S/c1-13-7-4-8-14(2)21(18,19)12-6-5-10(20-3)9-11(12)15(16)17/h5-6,9,13H,4,7-8H2,1-3H3. The number of ether oxygens (including phenoxy) is 1. The van der Waals surface area contributed by atoms with E-state index in [4.69, 9.17) is 4.74 Å². The Kier molecular flexibility index (Phi) is 6.06. The van der Waals surface area contributed by atoms with Crippen LogP contribution in [-0.2, 0) is 10.0 Å². The van der Waals surface area contributed by atoms with E-state index in [0.717, 1.165) is 10.4 Å². The second kappa shape index (κ2) is 7.34. The average molecular weight is 317 g/mol. The molecule has 0 spiro atoms. The molecule has 0 amide bonds. The first-order chi connectivity index (χ1) is 9.84.